The Morgan fingerprint density at radius 2 is 1.96 bits per heavy atom. The summed E-state index contributed by atoms with van der Waals surface area (Å²) in [6.45, 7) is 8.07. The maximum absolute atomic E-state index is 12.7. The summed E-state index contributed by atoms with van der Waals surface area (Å²) in [6, 6.07) is 13.6. The Hall–Kier alpha value is -2.84. The lowest BCUT2D eigenvalue weighted by atomic mass is 9.96. The molecule has 5 nitrogen and oxygen atoms in total. The van der Waals surface area contributed by atoms with E-state index in [1.54, 1.807) is 53.4 Å². The highest BCUT2D eigenvalue weighted by molar-refractivity contribution is 6.30. The van der Waals surface area contributed by atoms with Crippen molar-refractivity contribution in [2.75, 3.05) is 18.4 Å². The third-order valence-corrected chi connectivity index (χ3v) is 4.67. The molecule has 132 valence electrons. The SMILES string of the molecule is [C-]#[N+]c1cccc(C(=O)N2CCCC(C(=O)Nc3ccc(Cl)cc3)C2)c1. The van der Waals surface area contributed by atoms with Crippen molar-refractivity contribution in [3.63, 3.8) is 0 Å². The second-order valence-corrected chi connectivity index (χ2v) is 6.69. The molecule has 2 amide bonds. The van der Waals surface area contributed by atoms with E-state index in [-0.39, 0.29) is 17.7 Å². The van der Waals surface area contributed by atoms with Crippen molar-refractivity contribution in [2.45, 2.75) is 12.8 Å². The molecule has 1 heterocycles. The van der Waals surface area contributed by atoms with Crippen LogP contribution in [0.2, 0.25) is 5.02 Å². The highest BCUT2D eigenvalue weighted by Gasteiger charge is 2.29. The fraction of sp³-hybridized carbons (Fsp3) is 0.250. The van der Waals surface area contributed by atoms with Gasteiger partial charge in [0.15, 0.2) is 5.69 Å². The number of amides is 2. The van der Waals surface area contributed by atoms with E-state index in [9.17, 15) is 9.59 Å². The molecule has 6 heteroatoms. The van der Waals surface area contributed by atoms with Crippen LogP contribution in [0.1, 0.15) is 23.2 Å². The largest absolute Gasteiger partial charge is 0.338 e. The molecular formula is C20H18ClN3O2. The number of hydrogen-bond donors (Lipinski definition) is 1. The van der Waals surface area contributed by atoms with E-state index in [2.05, 4.69) is 10.2 Å². The first-order chi connectivity index (χ1) is 12.6. The molecule has 2 aromatic carbocycles. The van der Waals surface area contributed by atoms with Gasteiger partial charge in [-0.1, -0.05) is 29.8 Å². The minimum absolute atomic E-state index is 0.0975. The Kier molecular flexibility index (Phi) is 5.55. The molecule has 2 aromatic rings. The molecule has 1 saturated heterocycles. The van der Waals surface area contributed by atoms with E-state index >= 15 is 0 Å². The van der Waals surface area contributed by atoms with Gasteiger partial charge in [0.25, 0.3) is 5.91 Å². The Bertz CT molecular complexity index is 858. The Morgan fingerprint density at radius 1 is 1.19 bits per heavy atom. The molecule has 1 N–H and O–H groups in total. The van der Waals surface area contributed by atoms with Crippen LogP contribution in [0.3, 0.4) is 0 Å². The zero-order valence-corrected chi connectivity index (χ0v) is 14.9. The molecule has 0 aliphatic carbocycles. The quantitative estimate of drug-likeness (QED) is 0.818. The highest BCUT2D eigenvalue weighted by Crippen LogP contribution is 2.22. The van der Waals surface area contributed by atoms with Crippen LogP contribution >= 0.6 is 11.6 Å². The van der Waals surface area contributed by atoms with Crippen molar-refractivity contribution in [3.8, 4) is 0 Å². The van der Waals surface area contributed by atoms with E-state index < -0.39 is 0 Å². The van der Waals surface area contributed by atoms with Crippen molar-refractivity contribution in [1.29, 1.82) is 0 Å². The van der Waals surface area contributed by atoms with Crippen LogP contribution in [-0.4, -0.2) is 29.8 Å². The molecule has 0 radical (unpaired) electrons. The van der Waals surface area contributed by atoms with Crippen LogP contribution in [0.25, 0.3) is 4.85 Å². The fourth-order valence-electron chi connectivity index (χ4n) is 3.04. The smallest absolute Gasteiger partial charge is 0.252 e. The summed E-state index contributed by atoms with van der Waals surface area (Å²) < 4.78 is 0. The van der Waals surface area contributed by atoms with E-state index in [4.69, 9.17) is 18.2 Å². The van der Waals surface area contributed by atoms with Gasteiger partial charge < -0.3 is 10.2 Å². The van der Waals surface area contributed by atoms with Crippen LogP contribution in [0.15, 0.2) is 48.5 Å². The predicted octanol–water partition coefficient (Wildman–Crippen LogP) is 4.38. The third-order valence-electron chi connectivity index (χ3n) is 4.41. The van der Waals surface area contributed by atoms with Gasteiger partial charge in [0, 0.05) is 29.4 Å². The van der Waals surface area contributed by atoms with Gasteiger partial charge in [-0.15, -0.1) is 0 Å². The first-order valence-electron chi connectivity index (χ1n) is 8.40. The Labute approximate surface area is 157 Å². The molecule has 0 spiro atoms. The summed E-state index contributed by atoms with van der Waals surface area (Å²) in [5, 5.41) is 3.49. The molecular weight excluding hydrogens is 350 g/mol. The molecule has 0 bridgehead atoms. The van der Waals surface area contributed by atoms with Crippen LogP contribution in [-0.2, 0) is 4.79 Å². The lowest BCUT2D eigenvalue weighted by molar-refractivity contribution is -0.121. The summed E-state index contributed by atoms with van der Waals surface area (Å²) in [5.74, 6) is -0.494. The number of carbonyl (C=O) groups is 2. The summed E-state index contributed by atoms with van der Waals surface area (Å²) >= 11 is 5.86. The second kappa shape index (κ2) is 8.03. The summed E-state index contributed by atoms with van der Waals surface area (Å²) in [6.07, 6.45) is 1.51. The zero-order valence-electron chi connectivity index (χ0n) is 14.1. The Morgan fingerprint density at radius 3 is 2.69 bits per heavy atom. The first kappa shape index (κ1) is 18.0. The number of piperidine rings is 1. The number of nitrogens with zero attached hydrogens (tertiary/aromatic N) is 2. The van der Waals surface area contributed by atoms with Crippen LogP contribution in [0.4, 0.5) is 11.4 Å². The summed E-state index contributed by atoms with van der Waals surface area (Å²) in [7, 11) is 0. The minimum atomic E-state index is -0.257. The topological polar surface area (TPSA) is 53.8 Å². The number of benzene rings is 2. The van der Waals surface area contributed by atoms with E-state index in [0.29, 0.717) is 35.1 Å². The first-order valence-corrected chi connectivity index (χ1v) is 8.78. The lowest BCUT2D eigenvalue weighted by Gasteiger charge is -2.32. The van der Waals surface area contributed by atoms with Gasteiger partial charge in [0.1, 0.15) is 0 Å². The lowest BCUT2D eigenvalue weighted by Crippen LogP contribution is -2.43. The number of carbonyl (C=O) groups excluding carboxylic acids is 2. The average molecular weight is 368 g/mol. The number of halogens is 1. The van der Waals surface area contributed by atoms with Gasteiger partial charge in [-0.3, -0.25) is 9.59 Å². The molecule has 1 fully saturated rings. The molecule has 0 saturated carbocycles. The number of nitrogens with one attached hydrogen (secondary N) is 1. The molecule has 1 unspecified atom stereocenters. The normalized spacial score (nSPS) is 16.6. The van der Waals surface area contributed by atoms with E-state index in [0.717, 1.165) is 12.8 Å². The zero-order chi connectivity index (χ0) is 18.5. The third kappa shape index (κ3) is 4.22. The highest BCUT2D eigenvalue weighted by atomic mass is 35.5. The molecule has 3 rings (SSSR count). The molecule has 1 atom stereocenters. The number of hydrogen-bond acceptors (Lipinski definition) is 2. The van der Waals surface area contributed by atoms with Crippen molar-refractivity contribution >= 4 is 34.8 Å². The number of rotatable bonds is 3. The monoisotopic (exact) mass is 367 g/mol. The average Bonchev–Trinajstić information content (AvgIpc) is 2.69. The van der Waals surface area contributed by atoms with Gasteiger partial charge in [0.2, 0.25) is 5.91 Å². The molecule has 1 aliphatic rings. The predicted molar refractivity (Wildman–Crippen MR) is 101 cm³/mol. The van der Waals surface area contributed by atoms with Crippen LogP contribution in [0.5, 0.6) is 0 Å². The molecule has 26 heavy (non-hydrogen) atoms. The van der Waals surface area contributed by atoms with E-state index in [1.807, 2.05) is 0 Å². The minimum Gasteiger partial charge on any atom is -0.338 e. The van der Waals surface area contributed by atoms with Crippen molar-refractivity contribution in [1.82, 2.24) is 4.90 Å². The van der Waals surface area contributed by atoms with Crippen molar-refractivity contribution in [2.24, 2.45) is 5.92 Å². The van der Waals surface area contributed by atoms with Gasteiger partial charge in [-0.25, -0.2) is 4.85 Å². The standard InChI is InChI=1S/C20H18ClN3O2/c1-22-18-6-2-4-14(12-18)20(26)24-11-3-5-15(13-24)19(25)23-17-9-7-16(21)8-10-17/h2,4,6-10,12,15H,3,5,11,13H2,(H,23,25). The molecule has 1 aliphatic heterocycles. The second-order valence-electron chi connectivity index (χ2n) is 6.25. The van der Waals surface area contributed by atoms with Gasteiger partial charge in [-0.2, -0.15) is 0 Å². The number of likely N-dealkylation sites (tertiary alicyclic amines) is 1. The van der Waals surface area contributed by atoms with E-state index in [1.165, 1.54) is 0 Å². The van der Waals surface area contributed by atoms with Crippen LogP contribution < -0.4 is 5.32 Å². The van der Waals surface area contributed by atoms with Crippen LogP contribution in [0, 0.1) is 12.5 Å². The summed E-state index contributed by atoms with van der Waals surface area (Å²) in [4.78, 5) is 30.3. The maximum atomic E-state index is 12.7. The van der Waals surface area contributed by atoms with Gasteiger partial charge in [0.05, 0.1) is 12.5 Å². The fourth-order valence-corrected chi connectivity index (χ4v) is 3.17. The Balaban J connectivity index is 1.66. The van der Waals surface area contributed by atoms with Gasteiger partial charge >= 0.3 is 0 Å². The maximum Gasteiger partial charge on any atom is 0.252 e. The number of anilines is 1. The molecule has 0 aromatic heterocycles. The van der Waals surface area contributed by atoms with Crippen molar-refractivity contribution in [3.05, 3.63) is 70.5 Å². The van der Waals surface area contributed by atoms with Crippen molar-refractivity contribution < 1.29 is 9.59 Å². The van der Waals surface area contributed by atoms with Gasteiger partial charge in [-0.05, 0) is 43.2 Å². The summed E-state index contributed by atoms with van der Waals surface area (Å²) in [5.41, 5.74) is 1.61.